The SMILES string of the molecule is COC(=O)CC/C=C/C(CCCCC(=O)OC)CSC(C)=O. The van der Waals surface area contributed by atoms with Gasteiger partial charge < -0.3 is 9.47 Å². The van der Waals surface area contributed by atoms with Crippen LogP contribution in [0.4, 0.5) is 0 Å². The second-order valence-corrected chi connectivity index (χ2v) is 6.12. The fourth-order valence-electron chi connectivity index (χ4n) is 1.83. The van der Waals surface area contributed by atoms with E-state index in [1.165, 1.54) is 26.0 Å². The van der Waals surface area contributed by atoms with E-state index in [0.717, 1.165) is 25.0 Å². The van der Waals surface area contributed by atoms with Gasteiger partial charge in [0, 0.05) is 25.5 Å². The number of hydrogen-bond acceptors (Lipinski definition) is 6. The van der Waals surface area contributed by atoms with E-state index in [4.69, 9.17) is 0 Å². The van der Waals surface area contributed by atoms with Gasteiger partial charge in [-0.2, -0.15) is 0 Å². The van der Waals surface area contributed by atoms with E-state index in [-0.39, 0.29) is 23.0 Å². The van der Waals surface area contributed by atoms with Crippen molar-refractivity contribution in [3.8, 4) is 0 Å². The van der Waals surface area contributed by atoms with Crippen LogP contribution in [-0.4, -0.2) is 37.0 Å². The molecule has 0 aromatic carbocycles. The number of rotatable bonds is 11. The summed E-state index contributed by atoms with van der Waals surface area (Å²) in [4.78, 5) is 33.2. The number of allylic oxidation sites excluding steroid dienone is 2. The number of carbonyl (C=O) groups excluding carboxylic acids is 3. The summed E-state index contributed by atoms with van der Waals surface area (Å²) >= 11 is 1.30. The number of methoxy groups -OCH3 is 2. The minimum absolute atomic E-state index is 0.0996. The van der Waals surface area contributed by atoms with Gasteiger partial charge >= 0.3 is 11.9 Å². The van der Waals surface area contributed by atoms with Crippen LogP contribution < -0.4 is 0 Å². The van der Waals surface area contributed by atoms with E-state index in [1.54, 1.807) is 6.92 Å². The molecule has 0 aromatic heterocycles. The number of hydrogen-bond donors (Lipinski definition) is 0. The van der Waals surface area contributed by atoms with Crippen LogP contribution in [0.5, 0.6) is 0 Å². The molecule has 126 valence electrons. The van der Waals surface area contributed by atoms with Crippen molar-refractivity contribution < 1.29 is 23.9 Å². The summed E-state index contributed by atoms with van der Waals surface area (Å²) in [5.41, 5.74) is 0. The van der Waals surface area contributed by atoms with Gasteiger partial charge in [-0.3, -0.25) is 14.4 Å². The van der Waals surface area contributed by atoms with Crippen molar-refractivity contribution in [1.29, 1.82) is 0 Å². The van der Waals surface area contributed by atoms with Crippen LogP contribution in [0.15, 0.2) is 12.2 Å². The number of ether oxygens (including phenoxy) is 2. The second-order valence-electron chi connectivity index (χ2n) is 4.93. The third kappa shape index (κ3) is 12.4. The predicted molar refractivity (Wildman–Crippen MR) is 87.5 cm³/mol. The van der Waals surface area contributed by atoms with Crippen LogP contribution in [-0.2, 0) is 23.9 Å². The molecule has 0 aliphatic heterocycles. The van der Waals surface area contributed by atoms with Crippen molar-refractivity contribution in [2.24, 2.45) is 5.92 Å². The van der Waals surface area contributed by atoms with Crippen LogP contribution in [0.25, 0.3) is 0 Å². The van der Waals surface area contributed by atoms with Gasteiger partial charge in [0.05, 0.1) is 14.2 Å². The Hall–Kier alpha value is -1.30. The van der Waals surface area contributed by atoms with Gasteiger partial charge in [0.2, 0.25) is 0 Å². The lowest BCUT2D eigenvalue weighted by molar-refractivity contribution is -0.141. The number of thioether (sulfide) groups is 1. The molecule has 0 heterocycles. The maximum Gasteiger partial charge on any atom is 0.305 e. The first-order valence-corrected chi connectivity index (χ1v) is 8.41. The highest BCUT2D eigenvalue weighted by atomic mass is 32.2. The lowest BCUT2D eigenvalue weighted by atomic mass is 10.0. The van der Waals surface area contributed by atoms with Crippen molar-refractivity contribution in [2.45, 2.75) is 45.4 Å². The highest BCUT2D eigenvalue weighted by Crippen LogP contribution is 2.18. The maximum absolute atomic E-state index is 11.1. The summed E-state index contributed by atoms with van der Waals surface area (Å²) in [5.74, 6) is 0.576. The molecule has 0 rings (SSSR count). The van der Waals surface area contributed by atoms with Crippen LogP contribution in [0.2, 0.25) is 0 Å². The van der Waals surface area contributed by atoms with E-state index in [9.17, 15) is 14.4 Å². The molecule has 0 N–H and O–H groups in total. The summed E-state index contributed by atoms with van der Waals surface area (Å²) in [6, 6.07) is 0. The first-order valence-electron chi connectivity index (χ1n) is 7.43. The fraction of sp³-hybridized carbons (Fsp3) is 0.688. The van der Waals surface area contributed by atoms with Crippen molar-refractivity contribution in [1.82, 2.24) is 0 Å². The van der Waals surface area contributed by atoms with E-state index in [2.05, 4.69) is 15.5 Å². The van der Waals surface area contributed by atoms with Crippen LogP contribution in [0.3, 0.4) is 0 Å². The molecule has 1 unspecified atom stereocenters. The Morgan fingerprint density at radius 3 is 2.27 bits per heavy atom. The largest absolute Gasteiger partial charge is 0.469 e. The molecule has 0 fully saturated rings. The Morgan fingerprint density at radius 2 is 1.68 bits per heavy atom. The van der Waals surface area contributed by atoms with Crippen molar-refractivity contribution >= 4 is 28.8 Å². The van der Waals surface area contributed by atoms with Crippen molar-refractivity contribution in [3.63, 3.8) is 0 Å². The Balaban J connectivity index is 4.13. The maximum atomic E-state index is 11.1. The highest BCUT2D eigenvalue weighted by Gasteiger charge is 2.08. The molecule has 0 radical (unpaired) electrons. The third-order valence-electron chi connectivity index (χ3n) is 3.09. The second kappa shape index (κ2) is 13.4. The zero-order valence-corrected chi connectivity index (χ0v) is 14.4. The molecule has 0 saturated heterocycles. The van der Waals surface area contributed by atoms with Crippen LogP contribution in [0, 0.1) is 5.92 Å². The Labute approximate surface area is 136 Å². The molecule has 0 saturated carbocycles. The molecule has 0 bridgehead atoms. The van der Waals surface area contributed by atoms with Crippen LogP contribution in [0.1, 0.15) is 45.4 Å². The summed E-state index contributed by atoms with van der Waals surface area (Å²) in [5, 5.41) is 0.0996. The van der Waals surface area contributed by atoms with E-state index < -0.39 is 0 Å². The van der Waals surface area contributed by atoms with Gasteiger partial charge in [-0.25, -0.2) is 0 Å². The molecule has 1 atom stereocenters. The van der Waals surface area contributed by atoms with Gasteiger partial charge in [0.25, 0.3) is 0 Å². The predicted octanol–water partition coefficient (Wildman–Crippen LogP) is 3.13. The summed E-state index contributed by atoms with van der Waals surface area (Å²) in [6.07, 6.45) is 8.03. The molecule has 6 heteroatoms. The van der Waals surface area contributed by atoms with Gasteiger partial charge in [-0.15, -0.1) is 0 Å². The number of carbonyl (C=O) groups is 3. The fourth-order valence-corrected chi connectivity index (χ4v) is 2.56. The Morgan fingerprint density at radius 1 is 1.05 bits per heavy atom. The molecule has 0 aliphatic rings. The minimum atomic E-state index is -0.225. The summed E-state index contributed by atoms with van der Waals surface area (Å²) < 4.78 is 9.19. The molecule has 0 aliphatic carbocycles. The third-order valence-corrected chi connectivity index (χ3v) is 4.09. The zero-order valence-electron chi connectivity index (χ0n) is 13.6. The van der Waals surface area contributed by atoms with Gasteiger partial charge in [0.1, 0.15) is 0 Å². The first-order chi connectivity index (χ1) is 10.5. The van der Waals surface area contributed by atoms with Gasteiger partial charge in [-0.05, 0) is 25.2 Å². The molecule has 0 amide bonds. The van der Waals surface area contributed by atoms with E-state index >= 15 is 0 Å². The van der Waals surface area contributed by atoms with Crippen LogP contribution >= 0.6 is 11.8 Å². The Kier molecular flexibility index (Phi) is 12.6. The van der Waals surface area contributed by atoms with Crippen molar-refractivity contribution in [2.75, 3.05) is 20.0 Å². The lowest BCUT2D eigenvalue weighted by Gasteiger charge is -2.11. The molecule has 22 heavy (non-hydrogen) atoms. The smallest absolute Gasteiger partial charge is 0.305 e. The monoisotopic (exact) mass is 330 g/mol. The summed E-state index contributed by atoms with van der Waals surface area (Å²) in [7, 11) is 2.76. The minimum Gasteiger partial charge on any atom is -0.469 e. The van der Waals surface area contributed by atoms with Gasteiger partial charge in [-0.1, -0.05) is 30.3 Å². The van der Waals surface area contributed by atoms with Crippen molar-refractivity contribution in [3.05, 3.63) is 12.2 Å². The molecular formula is C16H26O5S. The topological polar surface area (TPSA) is 69.7 Å². The average molecular weight is 330 g/mol. The highest BCUT2D eigenvalue weighted by molar-refractivity contribution is 8.13. The Bertz CT molecular complexity index is 379. The molecular weight excluding hydrogens is 304 g/mol. The summed E-state index contributed by atoms with van der Waals surface area (Å²) in [6.45, 7) is 1.56. The molecule has 5 nitrogen and oxygen atoms in total. The molecule has 0 spiro atoms. The van der Waals surface area contributed by atoms with E-state index in [1.807, 2.05) is 6.08 Å². The zero-order chi connectivity index (χ0) is 16.8. The van der Waals surface area contributed by atoms with Gasteiger partial charge in [0.15, 0.2) is 5.12 Å². The average Bonchev–Trinajstić information content (AvgIpc) is 2.51. The van der Waals surface area contributed by atoms with E-state index in [0.29, 0.717) is 19.3 Å². The number of unbranched alkanes of at least 4 members (excludes halogenated alkanes) is 1. The number of esters is 2. The first kappa shape index (κ1) is 20.7. The quantitative estimate of drug-likeness (QED) is 0.329. The lowest BCUT2D eigenvalue weighted by Crippen LogP contribution is -2.04. The molecule has 0 aromatic rings. The normalized spacial score (nSPS) is 12.1. The standard InChI is InChI=1S/C16H26O5S/c1-13(17)22-12-14(8-4-6-10-15(18)20-2)9-5-7-11-16(19)21-3/h4,8,14H,5-7,9-12H2,1-3H3/b8-4+.